The number of hydrogen-bond donors (Lipinski definition) is 2. The lowest BCUT2D eigenvalue weighted by molar-refractivity contribution is -0.140. The van der Waals surface area contributed by atoms with Crippen molar-refractivity contribution in [2.24, 2.45) is 0 Å². The van der Waals surface area contributed by atoms with Crippen molar-refractivity contribution in [1.29, 1.82) is 0 Å². The summed E-state index contributed by atoms with van der Waals surface area (Å²) in [5.41, 5.74) is 1.07. The second kappa shape index (κ2) is 6.37. The Kier molecular flexibility index (Phi) is 5.12. The minimum Gasteiger partial charge on any atom is -0.480 e. The number of ether oxygens (including phenoxy) is 1. The fourth-order valence-corrected chi connectivity index (χ4v) is 1.59. The summed E-state index contributed by atoms with van der Waals surface area (Å²) in [5.74, 6) is -1.63. The number of halogens is 1. The molecule has 98 valence electrons. The molecule has 2 N–H and O–H groups in total. The first-order chi connectivity index (χ1) is 8.45. The molecule has 0 aliphatic rings. The van der Waals surface area contributed by atoms with Gasteiger partial charge in [0, 0.05) is 17.7 Å². The number of methoxy groups -OCH3 is 1. The second-order valence-corrected chi connectivity index (χ2v) is 4.22. The molecule has 0 saturated heterocycles. The summed E-state index contributed by atoms with van der Waals surface area (Å²) < 4.78 is 4.73. The van der Waals surface area contributed by atoms with Gasteiger partial charge in [0.1, 0.15) is 0 Å². The minimum absolute atomic E-state index is 0.0965. The van der Waals surface area contributed by atoms with E-state index in [1.54, 1.807) is 19.1 Å². The van der Waals surface area contributed by atoms with Gasteiger partial charge in [-0.3, -0.25) is 4.79 Å². The van der Waals surface area contributed by atoms with E-state index in [4.69, 9.17) is 21.4 Å². The lowest BCUT2D eigenvalue weighted by atomic mass is 10.1. The van der Waals surface area contributed by atoms with Crippen molar-refractivity contribution in [2.45, 2.75) is 13.0 Å². The van der Waals surface area contributed by atoms with Gasteiger partial charge in [0.05, 0.1) is 6.61 Å². The van der Waals surface area contributed by atoms with Crippen LogP contribution in [0.1, 0.15) is 15.9 Å². The van der Waals surface area contributed by atoms with Crippen molar-refractivity contribution in [3.05, 3.63) is 34.3 Å². The highest BCUT2D eigenvalue weighted by molar-refractivity contribution is 6.31. The molecule has 0 aliphatic carbocycles. The molecule has 6 heteroatoms. The van der Waals surface area contributed by atoms with Crippen LogP contribution in [0.2, 0.25) is 5.02 Å². The Morgan fingerprint density at radius 3 is 2.72 bits per heavy atom. The van der Waals surface area contributed by atoms with Gasteiger partial charge in [-0.05, 0) is 24.6 Å². The van der Waals surface area contributed by atoms with Crippen LogP contribution in [0.15, 0.2) is 18.2 Å². The van der Waals surface area contributed by atoms with E-state index in [9.17, 15) is 9.59 Å². The van der Waals surface area contributed by atoms with Gasteiger partial charge in [-0.15, -0.1) is 0 Å². The Balaban J connectivity index is 2.86. The van der Waals surface area contributed by atoms with Gasteiger partial charge in [-0.25, -0.2) is 4.79 Å². The van der Waals surface area contributed by atoms with Gasteiger partial charge in [-0.1, -0.05) is 17.7 Å². The molecule has 0 bridgehead atoms. The number of carboxylic acid groups (broad SMARTS) is 1. The molecule has 18 heavy (non-hydrogen) atoms. The first-order valence-corrected chi connectivity index (χ1v) is 5.62. The van der Waals surface area contributed by atoms with Gasteiger partial charge in [0.2, 0.25) is 0 Å². The van der Waals surface area contributed by atoms with Crippen LogP contribution in [0.3, 0.4) is 0 Å². The van der Waals surface area contributed by atoms with Crippen LogP contribution in [0, 0.1) is 6.92 Å². The van der Waals surface area contributed by atoms with Gasteiger partial charge in [0.15, 0.2) is 6.04 Å². The van der Waals surface area contributed by atoms with Crippen molar-refractivity contribution in [3.63, 3.8) is 0 Å². The topological polar surface area (TPSA) is 75.6 Å². The molecule has 0 saturated carbocycles. The van der Waals surface area contributed by atoms with Crippen LogP contribution in [0.25, 0.3) is 0 Å². The molecule has 0 fully saturated rings. The number of benzene rings is 1. The third kappa shape index (κ3) is 3.72. The van der Waals surface area contributed by atoms with E-state index >= 15 is 0 Å². The summed E-state index contributed by atoms with van der Waals surface area (Å²) in [6, 6.07) is 3.78. The number of amides is 1. The zero-order valence-corrected chi connectivity index (χ0v) is 10.8. The number of carbonyl (C=O) groups excluding carboxylic acids is 1. The average molecular weight is 272 g/mol. The summed E-state index contributed by atoms with van der Waals surface area (Å²) in [5, 5.41) is 11.7. The predicted octanol–water partition coefficient (Wildman–Crippen LogP) is 1.48. The molecule has 0 aromatic heterocycles. The second-order valence-electron chi connectivity index (χ2n) is 3.78. The quantitative estimate of drug-likeness (QED) is 0.850. The molecular weight excluding hydrogens is 258 g/mol. The molecule has 0 spiro atoms. The Morgan fingerprint density at radius 1 is 1.50 bits per heavy atom. The van der Waals surface area contributed by atoms with E-state index in [0.29, 0.717) is 10.6 Å². The largest absolute Gasteiger partial charge is 0.480 e. The summed E-state index contributed by atoms with van der Waals surface area (Å²) in [6.07, 6.45) is 0. The van der Waals surface area contributed by atoms with Crippen molar-refractivity contribution < 1.29 is 19.4 Å². The van der Waals surface area contributed by atoms with Crippen LogP contribution in [-0.4, -0.2) is 36.7 Å². The lowest BCUT2D eigenvalue weighted by Crippen LogP contribution is -2.44. The number of carboxylic acids is 1. The third-order valence-electron chi connectivity index (χ3n) is 2.38. The molecule has 0 heterocycles. The molecular formula is C12H14ClNO4. The standard InChI is InChI=1S/C12H14ClNO4/c1-7-3-4-8(13)5-9(7)11(15)14-10(6-18-2)12(16)17/h3-5,10H,6H2,1-2H3,(H,14,15)(H,16,17). The highest BCUT2D eigenvalue weighted by atomic mass is 35.5. The van der Waals surface area contributed by atoms with E-state index in [-0.39, 0.29) is 6.61 Å². The maximum absolute atomic E-state index is 11.9. The number of aryl methyl sites for hydroxylation is 1. The monoisotopic (exact) mass is 271 g/mol. The number of carbonyl (C=O) groups is 2. The summed E-state index contributed by atoms with van der Waals surface area (Å²) in [6.45, 7) is 1.65. The van der Waals surface area contributed by atoms with Crippen molar-refractivity contribution in [3.8, 4) is 0 Å². The van der Waals surface area contributed by atoms with E-state index in [1.807, 2.05) is 0 Å². The average Bonchev–Trinajstić information content (AvgIpc) is 2.31. The fourth-order valence-electron chi connectivity index (χ4n) is 1.42. The van der Waals surface area contributed by atoms with Gasteiger partial charge < -0.3 is 15.2 Å². The van der Waals surface area contributed by atoms with Crippen molar-refractivity contribution in [2.75, 3.05) is 13.7 Å². The zero-order valence-electron chi connectivity index (χ0n) is 10.1. The maximum Gasteiger partial charge on any atom is 0.328 e. The number of rotatable bonds is 5. The van der Waals surface area contributed by atoms with Gasteiger partial charge >= 0.3 is 5.97 Å². The SMILES string of the molecule is COCC(NC(=O)c1cc(Cl)ccc1C)C(=O)O. The minimum atomic E-state index is -1.15. The predicted molar refractivity (Wildman–Crippen MR) is 67.0 cm³/mol. The Labute approximate surface area is 110 Å². The highest BCUT2D eigenvalue weighted by Crippen LogP contribution is 2.15. The first-order valence-electron chi connectivity index (χ1n) is 5.24. The summed E-state index contributed by atoms with van der Waals surface area (Å²) >= 11 is 5.80. The summed E-state index contributed by atoms with van der Waals surface area (Å²) in [7, 11) is 1.37. The van der Waals surface area contributed by atoms with Crippen molar-refractivity contribution in [1.82, 2.24) is 5.32 Å². The smallest absolute Gasteiger partial charge is 0.328 e. The Morgan fingerprint density at radius 2 is 2.17 bits per heavy atom. The van der Waals surface area contributed by atoms with Crippen molar-refractivity contribution >= 4 is 23.5 Å². The van der Waals surface area contributed by atoms with E-state index < -0.39 is 17.9 Å². The molecule has 1 unspecified atom stereocenters. The van der Waals surface area contributed by atoms with Crippen LogP contribution >= 0.6 is 11.6 Å². The van der Waals surface area contributed by atoms with Crippen LogP contribution in [0.5, 0.6) is 0 Å². The van der Waals surface area contributed by atoms with Gasteiger partial charge in [-0.2, -0.15) is 0 Å². The lowest BCUT2D eigenvalue weighted by Gasteiger charge is -2.14. The van der Waals surface area contributed by atoms with E-state index in [0.717, 1.165) is 5.56 Å². The molecule has 1 rings (SSSR count). The normalized spacial score (nSPS) is 11.9. The van der Waals surface area contributed by atoms with E-state index in [2.05, 4.69) is 5.32 Å². The van der Waals surface area contributed by atoms with Gasteiger partial charge in [0.25, 0.3) is 5.91 Å². The Bertz CT molecular complexity index is 461. The molecule has 1 aromatic carbocycles. The molecule has 5 nitrogen and oxygen atoms in total. The fraction of sp³-hybridized carbons (Fsp3) is 0.333. The molecule has 0 radical (unpaired) electrons. The number of aliphatic carboxylic acids is 1. The molecule has 0 aliphatic heterocycles. The van der Waals surface area contributed by atoms with Crippen LogP contribution in [-0.2, 0) is 9.53 Å². The Hall–Kier alpha value is -1.59. The zero-order chi connectivity index (χ0) is 13.7. The summed E-state index contributed by atoms with van der Waals surface area (Å²) in [4.78, 5) is 22.8. The third-order valence-corrected chi connectivity index (χ3v) is 2.62. The maximum atomic E-state index is 11.9. The highest BCUT2D eigenvalue weighted by Gasteiger charge is 2.21. The molecule has 1 atom stereocenters. The molecule has 1 aromatic rings. The molecule has 1 amide bonds. The number of nitrogens with one attached hydrogen (secondary N) is 1. The first kappa shape index (κ1) is 14.5. The number of hydrogen-bond acceptors (Lipinski definition) is 3. The van der Waals surface area contributed by atoms with Crippen LogP contribution in [0.4, 0.5) is 0 Å². The van der Waals surface area contributed by atoms with Crippen LogP contribution < -0.4 is 5.32 Å². The van der Waals surface area contributed by atoms with E-state index in [1.165, 1.54) is 13.2 Å².